The van der Waals surface area contributed by atoms with E-state index in [1.807, 2.05) is 55.5 Å². The summed E-state index contributed by atoms with van der Waals surface area (Å²) in [5.74, 6) is 0.886. The number of benzene rings is 2. The smallest absolute Gasteiger partial charge is 0.229 e. The lowest BCUT2D eigenvalue weighted by atomic mass is 10.2. The van der Waals surface area contributed by atoms with Crippen molar-refractivity contribution in [2.75, 3.05) is 10.7 Å². The molecule has 0 fully saturated rings. The molecule has 2 aromatic carbocycles. The number of aromatic nitrogens is 2. The van der Waals surface area contributed by atoms with Crippen molar-refractivity contribution >= 4 is 67.6 Å². The number of thioether (sulfide) groups is 1. The zero-order valence-corrected chi connectivity index (χ0v) is 20.6. The normalized spacial score (nSPS) is 11.1. The Morgan fingerprint density at radius 2 is 1.94 bits per heavy atom. The van der Waals surface area contributed by atoms with E-state index in [0.29, 0.717) is 23.1 Å². The number of thiazole rings is 1. The zero-order chi connectivity index (χ0) is 22.5. The van der Waals surface area contributed by atoms with Crippen LogP contribution in [0.4, 0.5) is 5.13 Å². The molecular weight excluding hydrogens is 481 g/mol. The first-order chi connectivity index (χ1) is 15.5. The van der Waals surface area contributed by atoms with E-state index in [2.05, 4.69) is 4.98 Å². The summed E-state index contributed by atoms with van der Waals surface area (Å²) >= 11 is 15.5. The summed E-state index contributed by atoms with van der Waals surface area (Å²) < 4.78 is 0.906. The molecule has 0 radical (unpaired) electrons. The van der Waals surface area contributed by atoms with Gasteiger partial charge < -0.3 is 0 Å². The van der Waals surface area contributed by atoms with Crippen LogP contribution >= 0.6 is 46.3 Å². The Bertz CT molecular complexity index is 1170. The Kier molecular flexibility index (Phi) is 7.68. The molecule has 0 aliphatic rings. The molecule has 0 bridgehead atoms. The minimum Gasteiger partial charge on any atom is -0.284 e. The maximum atomic E-state index is 13.3. The molecule has 4 aromatic rings. The fourth-order valence-electron chi connectivity index (χ4n) is 3.22. The number of nitrogens with zero attached hydrogens (tertiary/aromatic N) is 3. The van der Waals surface area contributed by atoms with Crippen LogP contribution in [-0.2, 0) is 11.3 Å². The van der Waals surface area contributed by atoms with E-state index in [1.165, 1.54) is 11.3 Å². The third-order valence-electron chi connectivity index (χ3n) is 4.90. The molecule has 32 heavy (non-hydrogen) atoms. The van der Waals surface area contributed by atoms with Crippen LogP contribution < -0.4 is 4.90 Å². The number of anilines is 1. The third-order valence-corrected chi connectivity index (χ3v) is 7.79. The molecule has 0 saturated carbocycles. The lowest BCUT2D eigenvalue weighted by Crippen LogP contribution is -2.30. The van der Waals surface area contributed by atoms with Gasteiger partial charge in [0.2, 0.25) is 5.91 Å². The Morgan fingerprint density at radius 1 is 1.12 bits per heavy atom. The number of hydrogen-bond donors (Lipinski definition) is 0. The third kappa shape index (κ3) is 5.62. The van der Waals surface area contributed by atoms with Gasteiger partial charge in [-0.3, -0.25) is 14.7 Å². The van der Waals surface area contributed by atoms with E-state index in [4.69, 9.17) is 28.2 Å². The molecule has 0 aliphatic carbocycles. The number of amides is 1. The Balaban J connectivity index is 1.50. The molecule has 0 unspecified atom stereocenters. The summed E-state index contributed by atoms with van der Waals surface area (Å²) in [6.07, 6.45) is 4.70. The Morgan fingerprint density at radius 3 is 2.66 bits per heavy atom. The summed E-state index contributed by atoms with van der Waals surface area (Å²) in [6.45, 7) is 2.43. The van der Waals surface area contributed by atoms with Gasteiger partial charge in [0.25, 0.3) is 0 Å². The highest BCUT2D eigenvalue weighted by molar-refractivity contribution is 7.99. The summed E-state index contributed by atoms with van der Waals surface area (Å²) in [7, 11) is 0. The van der Waals surface area contributed by atoms with E-state index < -0.39 is 0 Å². The van der Waals surface area contributed by atoms with Gasteiger partial charge >= 0.3 is 0 Å². The van der Waals surface area contributed by atoms with E-state index in [1.54, 1.807) is 29.1 Å². The number of carbonyl (C=O) groups is 1. The highest BCUT2D eigenvalue weighted by Gasteiger charge is 2.21. The van der Waals surface area contributed by atoms with E-state index in [0.717, 1.165) is 43.4 Å². The van der Waals surface area contributed by atoms with E-state index in [9.17, 15) is 4.79 Å². The monoisotopic (exact) mass is 501 g/mol. The first-order valence-corrected chi connectivity index (χ1v) is 12.7. The number of halogens is 2. The van der Waals surface area contributed by atoms with Crippen LogP contribution in [0.2, 0.25) is 10.0 Å². The van der Waals surface area contributed by atoms with Crippen LogP contribution in [0, 0.1) is 6.92 Å². The Labute approximate surface area is 205 Å². The number of rotatable bonds is 8. The standard InChI is InChI=1S/C24H21Cl2N3OS2/c1-16-6-11-20(26)23-22(16)28-24(32-23)29(15-17-4-2-12-27-14-17)21(30)5-3-13-31-19-9-7-18(25)8-10-19/h2,4,6-12,14H,3,5,13,15H2,1H3. The van der Waals surface area contributed by atoms with Gasteiger partial charge in [0.15, 0.2) is 5.13 Å². The molecule has 2 heterocycles. The summed E-state index contributed by atoms with van der Waals surface area (Å²) in [4.78, 5) is 25.1. The average molecular weight is 502 g/mol. The average Bonchev–Trinajstić information content (AvgIpc) is 3.26. The van der Waals surface area contributed by atoms with Crippen molar-refractivity contribution in [1.82, 2.24) is 9.97 Å². The molecule has 0 N–H and O–H groups in total. The predicted molar refractivity (Wildman–Crippen MR) is 136 cm³/mol. The SMILES string of the molecule is Cc1ccc(Cl)c2sc(N(Cc3cccnc3)C(=O)CCCSc3ccc(Cl)cc3)nc12. The molecule has 0 aliphatic heterocycles. The zero-order valence-electron chi connectivity index (χ0n) is 17.4. The number of hydrogen-bond acceptors (Lipinski definition) is 5. The van der Waals surface area contributed by atoms with Crippen molar-refractivity contribution in [2.24, 2.45) is 0 Å². The number of aryl methyl sites for hydroxylation is 1. The lowest BCUT2D eigenvalue weighted by Gasteiger charge is -2.20. The minimum absolute atomic E-state index is 0.0402. The van der Waals surface area contributed by atoms with Crippen LogP contribution in [0.1, 0.15) is 24.0 Å². The maximum Gasteiger partial charge on any atom is 0.229 e. The van der Waals surface area contributed by atoms with Gasteiger partial charge in [-0.15, -0.1) is 11.8 Å². The van der Waals surface area contributed by atoms with Gasteiger partial charge in [0.1, 0.15) is 0 Å². The molecule has 0 saturated heterocycles. The highest BCUT2D eigenvalue weighted by atomic mass is 35.5. The Hall–Kier alpha value is -2.12. The van der Waals surface area contributed by atoms with Crippen LogP contribution in [0.25, 0.3) is 10.2 Å². The fraction of sp³-hybridized carbons (Fsp3) is 0.208. The van der Waals surface area contributed by atoms with E-state index in [-0.39, 0.29) is 5.91 Å². The van der Waals surface area contributed by atoms with Gasteiger partial charge in [0.05, 0.1) is 21.8 Å². The van der Waals surface area contributed by atoms with Crippen molar-refractivity contribution in [3.05, 3.63) is 82.1 Å². The molecule has 4 rings (SSSR count). The number of pyridine rings is 1. The van der Waals surface area contributed by atoms with Gasteiger partial charge in [0, 0.05) is 28.7 Å². The molecule has 0 spiro atoms. The van der Waals surface area contributed by atoms with Gasteiger partial charge in [-0.2, -0.15) is 0 Å². The van der Waals surface area contributed by atoms with Crippen molar-refractivity contribution < 1.29 is 4.79 Å². The molecule has 164 valence electrons. The summed E-state index contributed by atoms with van der Waals surface area (Å²) in [6, 6.07) is 15.4. The largest absolute Gasteiger partial charge is 0.284 e. The number of carbonyl (C=O) groups excluding carboxylic acids is 1. The lowest BCUT2D eigenvalue weighted by molar-refractivity contribution is -0.118. The molecule has 2 aromatic heterocycles. The van der Waals surface area contributed by atoms with Gasteiger partial charge in [-0.1, -0.05) is 46.7 Å². The van der Waals surface area contributed by atoms with Crippen LogP contribution in [0.5, 0.6) is 0 Å². The quantitative estimate of drug-likeness (QED) is 0.186. The fourth-order valence-corrected chi connectivity index (χ4v) is 5.53. The van der Waals surface area contributed by atoms with Gasteiger partial charge in [-0.25, -0.2) is 4.98 Å². The van der Waals surface area contributed by atoms with Crippen LogP contribution in [0.15, 0.2) is 65.8 Å². The number of fused-ring (bicyclic) bond motifs is 1. The maximum absolute atomic E-state index is 13.3. The van der Waals surface area contributed by atoms with E-state index >= 15 is 0 Å². The van der Waals surface area contributed by atoms with Crippen molar-refractivity contribution in [1.29, 1.82) is 0 Å². The van der Waals surface area contributed by atoms with Crippen molar-refractivity contribution in [3.8, 4) is 0 Å². The first-order valence-electron chi connectivity index (χ1n) is 10.1. The second-order valence-electron chi connectivity index (χ2n) is 7.29. The highest BCUT2D eigenvalue weighted by Crippen LogP contribution is 2.36. The first kappa shape index (κ1) is 23.1. The molecule has 4 nitrogen and oxygen atoms in total. The van der Waals surface area contributed by atoms with Crippen molar-refractivity contribution in [2.45, 2.75) is 31.2 Å². The molecule has 8 heteroatoms. The van der Waals surface area contributed by atoms with Gasteiger partial charge in [-0.05, 0) is 66.6 Å². The molecular formula is C24H21Cl2N3OS2. The second kappa shape index (κ2) is 10.7. The molecule has 1 amide bonds. The summed E-state index contributed by atoms with van der Waals surface area (Å²) in [5.41, 5.74) is 2.85. The molecule has 0 atom stereocenters. The topological polar surface area (TPSA) is 46.1 Å². The minimum atomic E-state index is 0.0402. The van der Waals surface area contributed by atoms with Crippen molar-refractivity contribution in [3.63, 3.8) is 0 Å². The predicted octanol–water partition coefficient (Wildman–Crippen LogP) is 7.41. The van der Waals surface area contributed by atoms with Crippen LogP contribution in [0.3, 0.4) is 0 Å². The summed E-state index contributed by atoms with van der Waals surface area (Å²) in [5, 5.41) is 2.04. The second-order valence-corrected chi connectivity index (χ2v) is 10.3. The van der Waals surface area contributed by atoms with Crippen LogP contribution in [-0.4, -0.2) is 21.6 Å².